The monoisotopic (exact) mass is 337 g/mol. The van der Waals surface area contributed by atoms with Gasteiger partial charge in [0, 0.05) is 5.54 Å². The Hall–Kier alpha value is -2.06. The van der Waals surface area contributed by atoms with Crippen LogP contribution in [0, 0.1) is 0 Å². The van der Waals surface area contributed by atoms with Gasteiger partial charge in [-0.25, -0.2) is 0 Å². The van der Waals surface area contributed by atoms with Crippen molar-refractivity contribution in [2.75, 3.05) is 14.2 Å². The summed E-state index contributed by atoms with van der Waals surface area (Å²) < 4.78 is 5.35. The Morgan fingerprint density at radius 3 is 2.28 bits per heavy atom. The van der Waals surface area contributed by atoms with E-state index in [9.17, 15) is 0 Å². The largest absolute Gasteiger partial charge is 0.497 e. The number of benzene rings is 2. The van der Waals surface area contributed by atoms with Gasteiger partial charge in [-0.1, -0.05) is 56.3 Å². The van der Waals surface area contributed by atoms with Crippen molar-refractivity contribution in [3.63, 3.8) is 0 Å². The summed E-state index contributed by atoms with van der Waals surface area (Å²) in [6.07, 6.45) is 2.97. The summed E-state index contributed by atoms with van der Waals surface area (Å²) in [5, 5.41) is 3.48. The molecule has 0 bridgehead atoms. The molecule has 134 valence electrons. The van der Waals surface area contributed by atoms with E-state index in [0.29, 0.717) is 0 Å². The molecule has 0 aromatic heterocycles. The lowest BCUT2D eigenvalue weighted by Crippen LogP contribution is -2.45. The van der Waals surface area contributed by atoms with E-state index < -0.39 is 0 Å². The lowest BCUT2D eigenvalue weighted by Gasteiger charge is -2.33. The van der Waals surface area contributed by atoms with Crippen molar-refractivity contribution in [3.8, 4) is 16.9 Å². The summed E-state index contributed by atoms with van der Waals surface area (Å²) >= 11 is 0. The zero-order valence-corrected chi connectivity index (χ0v) is 16.3. The van der Waals surface area contributed by atoms with Gasteiger partial charge in [0.05, 0.1) is 7.11 Å². The van der Waals surface area contributed by atoms with Gasteiger partial charge in [0.1, 0.15) is 5.75 Å². The number of aryl methyl sites for hydroxylation is 1. The van der Waals surface area contributed by atoms with Crippen molar-refractivity contribution < 1.29 is 4.74 Å². The third-order valence-electron chi connectivity index (χ3n) is 5.36. The van der Waals surface area contributed by atoms with Gasteiger partial charge >= 0.3 is 0 Å². The van der Waals surface area contributed by atoms with E-state index in [1.165, 1.54) is 27.8 Å². The van der Waals surface area contributed by atoms with Crippen LogP contribution in [0.1, 0.15) is 38.3 Å². The van der Waals surface area contributed by atoms with Gasteiger partial charge in [0.25, 0.3) is 0 Å². The van der Waals surface area contributed by atoms with Gasteiger partial charge < -0.3 is 10.1 Å². The fourth-order valence-corrected chi connectivity index (χ4v) is 3.48. The molecule has 2 heteroatoms. The highest BCUT2D eigenvalue weighted by atomic mass is 16.5. The predicted octanol–water partition coefficient (Wildman–Crippen LogP) is 5.41. The Balaban J connectivity index is 2.30. The number of hydrogen-bond acceptors (Lipinski definition) is 2. The minimum atomic E-state index is -0.0315. The van der Waals surface area contributed by atoms with Gasteiger partial charge in [-0.3, -0.25) is 0 Å². The molecule has 25 heavy (non-hydrogen) atoms. The van der Waals surface area contributed by atoms with Crippen LogP contribution in [0.25, 0.3) is 11.1 Å². The molecule has 2 aromatic carbocycles. The Morgan fingerprint density at radius 2 is 1.80 bits per heavy atom. The lowest BCUT2D eigenvalue weighted by atomic mass is 9.82. The Kier molecular flexibility index (Phi) is 6.44. The second-order valence-electron chi connectivity index (χ2n) is 6.72. The van der Waals surface area contributed by atoms with Crippen LogP contribution in [-0.4, -0.2) is 19.7 Å². The Labute approximate surface area is 152 Å². The first-order valence-electron chi connectivity index (χ1n) is 9.10. The number of methoxy groups -OCH3 is 1. The third-order valence-corrected chi connectivity index (χ3v) is 5.36. The standard InChI is InChI=1S/C23H31NO/c1-7-19-15-21(25-6)13-14-22(19)20-11-9-18(10-12-20)16-23(8-2,24-5)17(3)4/h9-15,24H,3,7-8,16H2,1-2,4-6H3. The molecule has 0 aliphatic rings. The summed E-state index contributed by atoms with van der Waals surface area (Å²) in [6, 6.07) is 15.3. The van der Waals surface area contributed by atoms with Crippen LogP contribution in [0.4, 0.5) is 0 Å². The third kappa shape index (κ3) is 4.13. The van der Waals surface area contributed by atoms with E-state index in [2.05, 4.69) is 69.1 Å². The molecule has 0 aliphatic heterocycles. The molecule has 0 spiro atoms. The van der Waals surface area contributed by atoms with Crippen LogP contribution in [0.5, 0.6) is 5.75 Å². The summed E-state index contributed by atoms with van der Waals surface area (Å²) in [6.45, 7) is 10.7. The predicted molar refractivity (Wildman–Crippen MR) is 108 cm³/mol. The molecule has 2 aromatic rings. The number of ether oxygens (including phenoxy) is 1. The molecule has 2 rings (SSSR count). The van der Waals surface area contributed by atoms with Crippen molar-refractivity contribution in [2.24, 2.45) is 0 Å². The molecule has 0 aliphatic carbocycles. The summed E-state index contributed by atoms with van der Waals surface area (Å²) in [4.78, 5) is 0. The van der Waals surface area contributed by atoms with Crippen LogP contribution < -0.4 is 10.1 Å². The number of nitrogens with one attached hydrogen (secondary N) is 1. The molecular formula is C23H31NO. The van der Waals surface area contributed by atoms with Crippen LogP contribution in [0.2, 0.25) is 0 Å². The molecule has 1 atom stereocenters. The maximum Gasteiger partial charge on any atom is 0.119 e. The second kappa shape index (κ2) is 8.35. The van der Waals surface area contributed by atoms with Crippen LogP contribution in [-0.2, 0) is 12.8 Å². The van der Waals surface area contributed by atoms with E-state index in [-0.39, 0.29) is 5.54 Å². The number of likely N-dealkylation sites (N-methyl/N-ethyl adjacent to an activating group) is 1. The first kappa shape index (κ1) is 19.3. The van der Waals surface area contributed by atoms with E-state index in [4.69, 9.17) is 4.74 Å². The lowest BCUT2D eigenvalue weighted by molar-refractivity contribution is 0.396. The van der Waals surface area contributed by atoms with Gasteiger partial charge in [-0.05, 0) is 67.6 Å². The molecule has 0 radical (unpaired) electrons. The molecule has 0 fully saturated rings. The molecule has 0 heterocycles. The SMILES string of the molecule is C=C(C)C(CC)(Cc1ccc(-c2ccc(OC)cc2CC)cc1)NC. The number of rotatable bonds is 8. The molecule has 0 saturated carbocycles. The molecular weight excluding hydrogens is 306 g/mol. The minimum Gasteiger partial charge on any atom is -0.497 e. The quantitative estimate of drug-likeness (QED) is 0.650. The van der Waals surface area contributed by atoms with Gasteiger partial charge in [0.2, 0.25) is 0 Å². The van der Waals surface area contributed by atoms with Crippen molar-refractivity contribution >= 4 is 0 Å². The Bertz CT molecular complexity index is 711. The first-order chi connectivity index (χ1) is 12.0. The van der Waals surface area contributed by atoms with Crippen molar-refractivity contribution in [2.45, 2.75) is 45.6 Å². The van der Waals surface area contributed by atoms with Crippen LogP contribution >= 0.6 is 0 Å². The zero-order chi connectivity index (χ0) is 18.4. The van der Waals surface area contributed by atoms with Crippen molar-refractivity contribution in [3.05, 3.63) is 65.7 Å². The van der Waals surface area contributed by atoms with Crippen LogP contribution in [0.3, 0.4) is 0 Å². The summed E-state index contributed by atoms with van der Waals surface area (Å²) in [5.74, 6) is 0.917. The van der Waals surface area contributed by atoms with Crippen molar-refractivity contribution in [1.29, 1.82) is 0 Å². The maximum atomic E-state index is 5.35. The smallest absolute Gasteiger partial charge is 0.119 e. The average Bonchev–Trinajstić information content (AvgIpc) is 2.66. The van der Waals surface area contributed by atoms with E-state index in [1.807, 2.05) is 13.1 Å². The number of hydrogen-bond donors (Lipinski definition) is 1. The summed E-state index contributed by atoms with van der Waals surface area (Å²) in [5.41, 5.74) is 6.33. The minimum absolute atomic E-state index is 0.0315. The molecule has 2 nitrogen and oxygen atoms in total. The molecule has 0 amide bonds. The highest BCUT2D eigenvalue weighted by Gasteiger charge is 2.27. The fraction of sp³-hybridized carbons (Fsp3) is 0.391. The van der Waals surface area contributed by atoms with E-state index >= 15 is 0 Å². The Morgan fingerprint density at radius 1 is 1.12 bits per heavy atom. The fourth-order valence-electron chi connectivity index (χ4n) is 3.48. The normalized spacial score (nSPS) is 13.3. The summed E-state index contributed by atoms with van der Waals surface area (Å²) in [7, 11) is 3.74. The van der Waals surface area contributed by atoms with Crippen molar-refractivity contribution in [1.82, 2.24) is 5.32 Å². The van der Waals surface area contributed by atoms with Gasteiger partial charge in [0.15, 0.2) is 0 Å². The average molecular weight is 338 g/mol. The van der Waals surface area contributed by atoms with Crippen LogP contribution in [0.15, 0.2) is 54.6 Å². The highest BCUT2D eigenvalue weighted by molar-refractivity contribution is 5.68. The van der Waals surface area contributed by atoms with E-state index in [0.717, 1.165) is 25.0 Å². The highest BCUT2D eigenvalue weighted by Crippen LogP contribution is 2.30. The van der Waals surface area contributed by atoms with Gasteiger partial charge in [-0.2, -0.15) is 0 Å². The van der Waals surface area contributed by atoms with Gasteiger partial charge in [-0.15, -0.1) is 0 Å². The first-order valence-corrected chi connectivity index (χ1v) is 9.10. The molecule has 0 saturated heterocycles. The maximum absolute atomic E-state index is 5.35. The topological polar surface area (TPSA) is 21.3 Å². The van der Waals surface area contributed by atoms with E-state index in [1.54, 1.807) is 7.11 Å². The molecule has 1 unspecified atom stereocenters. The zero-order valence-electron chi connectivity index (χ0n) is 16.3. The molecule has 1 N–H and O–H groups in total. The second-order valence-corrected chi connectivity index (χ2v) is 6.72.